The molecule has 3 nitrogen and oxygen atoms in total. The Balaban J connectivity index is 1.99. The number of aryl methyl sites for hydroxylation is 1. The molecule has 2 heterocycles. The summed E-state index contributed by atoms with van der Waals surface area (Å²) in [7, 11) is 0. The van der Waals surface area contributed by atoms with E-state index in [1.165, 1.54) is 9.75 Å². The van der Waals surface area contributed by atoms with Gasteiger partial charge in [0.25, 0.3) is 0 Å². The zero-order valence-electron chi connectivity index (χ0n) is 10.8. The number of rotatable bonds is 6. The van der Waals surface area contributed by atoms with E-state index in [0.717, 1.165) is 31.1 Å². The Morgan fingerprint density at radius 1 is 1.33 bits per heavy atom. The van der Waals surface area contributed by atoms with Crippen LogP contribution in [0.3, 0.4) is 0 Å². The van der Waals surface area contributed by atoms with Crippen molar-refractivity contribution in [2.45, 2.75) is 26.8 Å². The summed E-state index contributed by atoms with van der Waals surface area (Å²) in [4.78, 5) is 6.96. The van der Waals surface area contributed by atoms with Crippen LogP contribution in [0.5, 0.6) is 5.75 Å². The van der Waals surface area contributed by atoms with Gasteiger partial charge >= 0.3 is 0 Å². The Hall–Kier alpha value is -1.55. The fourth-order valence-corrected chi connectivity index (χ4v) is 2.43. The molecule has 2 rings (SSSR count). The highest BCUT2D eigenvalue weighted by molar-refractivity contribution is 7.11. The van der Waals surface area contributed by atoms with Gasteiger partial charge in [-0.15, -0.1) is 11.3 Å². The SMILES string of the molecule is CCCOc1cccnc1NCc1ccc(C)s1. The van der Waals surface area contributed by atoms with E-state index in [9.17, 15) is 0 Å². The van der Waals surface area contributed by atoms with Crippen molar-refractivity contribution in [3.05, 3.63) is 40.2 Å². The van der Waals surface area contributed by atoms with Gasteiger partial charge in [-0.25, -0.2) is 4.98 Å². The highest BCUT2D eigenvalue weighted by Crippen LogP contribution is 2.23. The molecular formula is C14H18N2OS. The molecule has 0 atom stereocenters. The third kappa shape index (κ3) is 3.47. The van der Waals surface area contributed by atoms with Crippen LogP contribution < -0.4 is 10.1 Å². The maximum absolute atomic E-state index is 5.66. The Kier molecular flexibility index (Phi) is 4.59. The summed E-state index contributed by atoms with van der Waals surface area (Å²) in [5.41, 5.74) is 0. The van der Waals surface area contributed by atoms with Gasteiger partial charge in [0, 0.05) is 16.0 Å². The molecule has 2 aromatic rings. The number of pyridine rings is 1. The fraction of sp³-hybridized carbons (Fsp3) is 0.357. The third-order valence-electron chi connectivity index (χ3n) is 2.46. The van der Waals surface area contributed by atoms with Crippen LogP contribution >= 0.6 is 11.3 Å². The number of anilines is 1. The molecule has 18 heavy (non-hydrogen) atoms. The fourth-order valence-electron chi connectivity index (χ4n) is 1.60. The van der Waals surface area contributed by atoms with Gasteiger partial charge < -0.3 is 10.1 Å². The van der Waals surface area contributed by atoms with Crippen molar-refractivity contribution in [1.29, 1.82) is 0 Å². The Morgan fingerprint density at radius 3 is 2.94 bits per heavy atom. The zero-order valence-corrected chi connectivity index (χ0v) is 11.6. The Bertz CT molecular complexity index is 496. The molecule has 0 saturated heterocycles. The number of hydrogen-bond donors (Lipinski definition) is 1. The van der Waals surface area contributed by atoms with E-state index in [1.54, 1.807) is 17.5 Å². The minimum absolute atomic E-state index is 0.721. The van der Waals surface area contributed by atoms with Crippen molar-refractivity contribution < 1.29 is 4.74 Å². The van der Waals surface area contributed by atoms with Gasteiger partial charge in [-0.05, 0) is 37.6 Å². The van der Waals surface area contributed by atoms with Gasteiger partial charge in [-0.3, -0.25) is 0 Å². The van der Waals surface area contributed by atoms with Crippen molar-refractivity contribution >= 4 is 17.2 Å². The minimum atomic E-state index is 0.721. The maximum atomic E-state index is 5.66. The number of aromatic nitrogens is 1. The summed E-state index contributed by atoms with van der Waals surface area (Å²) in [6, 6.07) is 8.12. The molecule has 1 N–H and O–H groups in total. The summed E-state index contributed by atoms with van der Waals surface area (Å²) in [6.45, 7) is 5.72. The van der Waals surface area contributed by atoms with Gasteiger partial charge in [0.1, 0.15) is 0 Å². The summed E-state index contributed by atoms with van der Waals surface area (Å²) in [5.74, 6) is 1.64. The van der Waals surface area contributed by atoms with Crippen molar-refractivity contribution in [1.82, 2.24) is 4.98 Å². The van der Waals surface area contributed by atoms with Gasteiger partial charge in [-0.1, -0.05) is 6.92 Å². The molecule has 0 aliphatic carbocycles. The first-order chi connectivity index (χ1) is 8.79. The van der Waals surface area contributed by atoms with E-state index in [0.29, 0.717) is 0 Å². The second-order valence-electron chi connectivity index (χ2n) is 4.06. The highest BCUT2D eigenvalue weighted by Gasteiger charge is 2.04. The van der Waals surface area contributed by atoms with Gasteiger partial charge in [0.2, 0.25) is 0 Å². The topological polar surface area (TPSA) is 34.1 Å². The van der Waals surface area contributed by atoms with Crippen LogP contribution in [-0.4, -0.2) is 11.6 Å². The molecule has 4 heteroatoms. The molecule has 0 fully saturated rings. The van der Waals surface area contributed by atoms with E-state index < -0.39 is 0 Å². The number of thiophene rings is 1. The Labute approximate surface area is 112 Å². The van der Waals surface area contributed by atoms with Crippen LogP contribution in [0.25, 0.3) is 0 Å². The van der Waals surface area contributed by atoms with Crippen molar-refractivity contribution in [2.24, 2.45) is 0 Å². The normalized spacial score (nSPS) is 10.3. The second-order valence-corrected chi connectivity index (χ2v) is 5.44. The summed E-state index contributed by atoms with van der Waals surface area (Å²) < 4.78 is 5.66. The Morgan fingerprint density at radius 2 is 2.22 bits per heavy atom. The summed E-state index contributed by atoms with van der Waals surface area (Å²) in [6.07, 6.45) is 2.78. The third-order valence-corrected chi connectivity index (χ3v) is 3.46. The molecule has 0 aliphatic rings. The molecule has 96 valence electrons. The lowest BCUT2D eigenvalue weighted by molar-refractivity contribution is 0.318. The van der Waals surface area contributed by atoms with Crippen molar-refractivity contribution in [3.8, 4) is 5.75 Å². The molecule has 0 unspecified atom stereocenters. The zero-order chi connectivity index (χ0) is 12.8. The van der Waals surface area contributed by atoms with Crippen LogP contribution in [-0.2, 0) is 6.54 Å². The van der Waals surface area contributed by atoms with Crippen LogP contribution in [0, 0.1) is 6.92 Å². The van der Waals surface area contributed by atoms with E-state index in [2.05, 4.69) is 36.3 Å². The lowest BCUT2D eigenvalue weighted by Gasteiger charge is -2.10. The molecule has 0 saturated carbocycles. The van der Waals surface area contributed by atoms with E-state index in [4.69, 9.17) is 4.74 Å². The van der Waals surface area contributed by atoms with Crippen LogP contribution in [0.4, 0.5) is 5.82 Å². The lowest BCUT2D eigenvalue weighted by Crippen LogP contribution is -2.04. The molecule has 0 amide bonds. The van der Waals surface area contributed by atoms with E-state index in [-0.39, 0.29) is 0 Å². The van der Waals surface area contributed by atoms with Crippen LogP contribution in [0.15, 0.2) is 30.5 Å². The first-order valence-electron chi connectivity index (χ1n) is 6.16. The van der Waals surface area contributed by atoms with Crippen molar-refractivity contribution in [2.75, 3.05) is 11.9 Å². The van der Waals surface area contributed by atoms with E-state index in [1.807, 2.05) is 12.1 Å². The largest absolute Gasteiger partial charge is 0.490 e. The smallest absolute Gasteiger partial charge is 0.169 e. The van der Waals surface area contributed by atoms with Gasteiger partial charge in [-0.2, -0.15) is 0 Å². The number of nitrogens with one attached hydrogen (secondary N) is 1. The number of hydrogen-bond acceptors (Lipinski definition) is 4. The molecule has 0 aromatic carbocycles. The van der Waals surface area contributed by atoms with Gasteiger partial charge in [0.05, 0.1) is 13.2 Å². The lowest BCUT2D eigenvalue weighted by atomic mass is 10.4. The maximum Gasteiger partial charge on any atom is 0.169 e. The standard InChI is InChI=1S/C14H18N2OS/c1-3-9-17-13-5-4-8-15-14(13)16-10-12-7-6-11(2)18-12/h4-8H,3,9-10H2,1-2H3,(H,15,16). The first kappa shape index (κ1) is 12.9. The number of nitrogens with zero attached hydrogens (tertiary/aromatic N) is 1. The van der Waals surface area contributed by atoms with Gasteiger partial charge in [0.15, 0.2) is 11.6 Å². The predicted molar refractivity (Wildman–Crippen MR) is 76.4 cm³/mol. The molecule has 0 aliphatic heterocycles. The van der Waals surface area contributed by atoms with Crippen molar-refractivity contribution in [3.63, 3.8) is 0 Å². The quantitative estimate of drug-likeness (QED) is 0.858. The molecule has 2 aromatic heterocycles. The predicted octanol–water partition coefficient (Wildman–Crippen LogP) is 3.85. The molecule has 0 bridgehead atoms. The minimum Gasteiger partial charge on any atom is -0.490 e. The monoisotopic (exact) mass is 262 g/mol. The highest BCUT2D eigenvalue weighted by atomic mass is 32.1. The van der Waals surface area contributed by atoms with Crippen LogP contribution in [0.1, 0.15) is 23.1 Å². The summed E-state index contributed by atoms with van der Waals surface area (Å²) >= 11 is 1.80. The average Bonchev–Trinajstić information content (AvgIpc) is 2.81. The first-order valence-corrected chi connectivity index (χ1v) is 6.98. The molecule has 0 radical (unpaired) electrons. The second kappa shape index (κ2) is 6.40. The molecular weight excluding hydrogens is 244 g/mol. The molecule has 0 spiro atoms. The number of ether oxygens (including phenoxy) is 1. The summed E-state index contributed by atoms with van der Waals surface area (Å²) in [5, 5.41) is 3.33. The average molecular weight is 262 g/mol. The van der Waals surface area contributed by atoms with E-state index >= 15 is 0 Å². The van der Waals surface area contributed by atoms with Crippen LogP contribution in [0.2, 0.25) is 0 Å².